The molecule has 0 saturated carbocycles. The molecule has 0 unspecified atom stereocenters. The lowest BCUT2D eigenvalue weighted by Crippen LogP contribution is -2.07. The Bertz CT molecular complexity index is 208. The minimum absolute atomic E-state index is 0.239. The monoisotopic (exact) mass is 170 g/mol. The molecule has 0 amide bonds. The highest BCUT2D eigenvalue weighted by Crippen LogP contribution is 2.19. The van der Waals surface area contributed by atoms with Crippen LogP contribution in [-0.4, -0.2) is 10.5 Å². The van der Waals surface area contributed by atoms with E-state index in [2.05, 4.69) is 0 Å². The van der Waals surface area contributed by atoms with Crippen molar-refractivity contribution >= 4 is 11.6 Å². The van der Waals surface area contributed by atoms with Gasteiger partial charge in [-0.25, -0.2) is 0 Å². The van der Waals surface area contributed by atoms with E-state index < -0.39 is 6.10 Å². The fourth-order valence-electron chi connectivity index (χ4n) is 0.915. The molecule has 0 aliphatic heterocycles. The maximum atomic E-state index is 9.47. The van der Waals surface area contributed by atoms with Crippen LogP contribution in [0.5, 0.6) is 0 Å². The summed E-state index contributed by atoms with van der Waals surface area (Å²) in [6.45, 7) is 1.78. The lowest BCUT2D eigenvalue weighted by Gasteiger charge is -2.12. The molecule has 1 rings (SSSR count). The van der Waals surface area contributed by atoms with Crippen LogP contribution in [0.2, 0.25) is 0 Å². The average Bonchev–Trinajstić information content (AvgIpc) is 2.05. The van der Waals surface area contributed by atoms with Crippen LogP contribution in [0.15, 0.2) is 30.3 Å². The van der Waals surface area contributed by atoms with Gasteiger partial charge in [-0.1, -0.05) is 30.3 Å². The van der Waals surface area contributed by atoms with Gasteiger partial charge in [-0.2, -0.15) is 0 Å². The maximum absolute atomic E-state index is 9.47. The van der Waals surface area contributed by atoms with Crippen molar-refractivity contribution in [2.24, 2.45) is 0 Å². The van der Waals surface area contributed by atoms with E-state index in [1.54, 1.807) is 6.92 Å². The van der Waals surface area contributed by atoms with Crippen molar-refractivity contribution in [1.29, 1.82) is 0 Å². The minimum atomic E-state index is -0.558. The summed E-state index contributed by atoms with van der Waals surface area (Å²) < 4.78 is 0. The van der Waals surface area contributed by atoms with E-state index >= 15 is 0 Å². The summed E-state index contributed by atoms with van der Waals surface area (Å²) in [6, 6.07) is 9.41. The third-order valence-electron chi connectivity index (χ3n) is 1.58. The van der Waals surface area contributed by atoms with Gasteiger partial charge in [0, 0.05) is 0 Å². The summed E-state index contributed by atoms with van der Waals surface area (Å²) in [7, 11) is 0. The fourth-order valence-corrected chi connectivity index (χ4v) is 1.06. The van der Waals surface area contributed by atoms with Crippen LogP contribution in [0.1, 0.15) is 18.6 Å². The zero-order valence-electron chi connectivity index (χ0n) is 6.37. The molecule has 1 aromatic carbocycles. The number of rotatable bonds is 2. The molecule has 2 atom stereocenters. The van der Waals surface area contributed by atoms with Gasteiger partial charge in [0.2, 0.25) is 0 Å². The molecule has 0 fully saturated rings. The molecule has 0 radical (unpaired) electrons. The molecule has 0 spiro atoms. The normalized spacial score (nSPS) is 15.9. The van der Waals surface area contributed by atoms with E-state index in [-0.39, 0.29) is 5.38 Å². The van der Waals surface area contributed by atoms with Crippen LogP contribution >= 0.6 is 11.6 Å². The number of alkyl halides is 1. The summed E-state index contributed by atoms with van der Waals surface area (Å²) in [5.41, 5.74) is 0.870. The highest BCUT2D eigenvalue weighted by Gasteiger charge is 2.11. The van der Waals surface area contributed by atoms with Crippen LogP contribution in [0, 0.1) is 0 Å². The van der Waals surface area contributed by atoms with Crippen molar-refractivity contribution in [2.75, 3.05) is 0 Å². The van der Waals surface area contributed by atoms with Crippen LogP contribution in [0.25, 0.3) is 0 Å². The van der Waals surface area contributed by atoms with E-state index in [0.29, 0.717) is 0 Å². The van der Waals surface area contributed by atoms with Gasteiger partial charge in [-0.05, 0) is 12.5 Å². The maximum Gasteiger partial charge on any atom is 0.0950 e. The number of hydrogen-bond acceptors (Lipinski definition) is 1. The van der Waals surface area contributed by atoms with Crippen LogP contribution in [0.4, 0.5) is 0 Å². The van der Waals surface area contributed by atoms with Gasteiger partial charge in [0.15, 0.2) is 0 Å². The Balaban J connectivity index is 2.77. The Morgan fingerprint density at radius 1 is 1.27 bits per heavy atom. The lowest BCUT2D eigenvalue weighted by atomic mass is 10.1. The highest BCUT2D eigenvalue weighted by molar-refractivity contribution is 6.20. The second-order valence-corrected chi connectivity index (χ2v) is 3.22. The summed E-state index contributed by atoms with van der Waals surface area (Å²) in [6.07, 6.45) is -0.558. The molecule has 0 heterocycles. The van der Waals surface area contributed by atoms with Crippen molar-refractivity contribution in [3.05, 3.63) is 35.9 Å². The first-order chi connectivity index (χ1) is 5.22. The van der Waals surface area contributed by atoms with Crippen LogP contribution in [-0.2, 0) is 0 Å². The van der Waals surface area contributed by atoms with Crippen molar-refractivity contribution < 1.29 is 5.11 Å². The number of aliphatic hydroxyl groups excluding tert-OH is 1. The topological polar surface area (TPSA) is 20.2 Å². The summed E-state index contributed by atoms with van der Waals surface area (Å²) in [4.78, 5) is 0. The largest absolute Gasteiger partial charge is 0.387 e. The fraction of sp³-hybridized carbons (Fsp3) is 0.333. The smallest absolute Gasteiger partial charge is 0.0950 e. The molecule has 1 nitrogen and oxygen atoms in total. The molecule has 2 heteroatoms. The molecule has 1 aromatic rings. The van der Waals surface area contributed by atoms with E-state index in [9.17, 15) is 5.11 Å². The summed E-state index contributed by atoms with van der Waals surface area (Å²) >= 11 is 5.71. The molecule has 60 valence electrons. The Hall–Kier alpha value is -0.530. The van der Waals surface area contributed by atoms with Gasteiger partial charge < -0.3 is 5.11 Å². The lowest BCUT2D eigenvalue weighted by molar-refractivity contribution is 0.177. The number of benzene rings is 1. The zero-order chi connectivity index (χ0) is 8.27. The highest BCUT2D eigenvalue weighted by atomic mass is 35.5. The standard InChI is InChI=1S/C9H11ClO/c1-7(10)9(11)8-5-3-2-4-6-8/h2-7,9,11H,1H3/t7-,9-/m1/s1. The summed E-state index contributed by atoms with van der Waals surface area (Å²) in [5.74, 6) is 0. The number of halogens is 1. The first-order valence-corrected chi connectivity index (χ1v) is 4.02. The van der Waals surface area contributed by atoms with Gasteiger partial charge in [-0.15, -0.1) is 11.6 Å². The van der Waals surface area contributed by atoms with Gasteiger partial charge in [0.1, 0.15) is 0 Å². The van der Waals surface area contributed by atoms with Crippen molar-refractivity contribution in [3.63, 3.8) is 0 Å². The third-order valence-corrected chi connectivity index (χ3v) is 1.81. The van der Waals surface area contributed by atoms with E-state index in [4.69, 9.17) is 11.6 Å². The van der Waals surface area contributed by atoms with Crippen molar-refractivity contribution in [1.82, 2.24) is 0 Å². The van der Waals surface area contributed by atoms with E-state index in [0.717, 1.165) is 5.56 Å². The molecule has 0 aliphatic rings. The molecular weight excluding hydrogens is 160 g/mol. The van der Waals surface area contributed by atoms with Crippen LogP contribution in [0.3, 0.4) is 0 Å². The predicted octanol–water partition coefficient (Wildman–Crippen LogP) is 2.35. The van der Waals surface area contributed by atoms with Gasteiger partial charge >= 0.3 is 0 Å². The first-order valence-electron chi connectivity index (χ1n) is 3.59. The minimum Gasteiger partial charge on any atom is -0.387 e. The van der Waals surface area contributed by atoms with Crippen molar-refractivity contribution in [3.8, 4) is 0 Å². The Morgan fingerprint density at radius 2 is 1.82 bits per heavy atom. The van der Waals surface area contributed by atoms with Gasteiger partial charge in [-0.3, -0.25) is 0 Å². The molecule has 0 bridgehead atoms. The molecule has 0 aliphatic carbocycles. The Morgan fingerprint density at radius 3 is 2.27 bits per heavy atom. The van der Waals surface area contributed by atoms with Gasteiger partial charge in [0.05, 0.1) is 11.5 Å². The molecule has 11 heavy (non-hydrogen) atoms. The predicted molar refractivity (Wildman–Crippen MR) is 46.7 cm³/mol. The zero-order valence-corrected chi connectivity index (χ0v) is 7.12. The average molecular weight is 171 g/mol. The molecule has 0 saturated heterocycles. The molecule has 1 N–H and O–H groups in total. The van der Waals surface area contributed by atoms with Crippen LogP contribution < -0.4 is 0 Å². The second kappa shape index (κ2) is 3.74. The second-order valence-electron chi connectivity index (χ2n) is 2.53. The number of aliphatic hydroxyl groups is 1. The molecular formula is C9H11ClO. The molecule has 0 aromatic heterocycles. The Labute approximate surface area is 71.6 Å². The van der Waals surface area contributed by atoms with Gasteiger partial charge in [0.25, 0.3) is 0 Å². The van der Waals surface area contributed by atoms with Crippen molar-refractivity contribution in [2.45, 2.75) is 18.4 Å². The quantitative estimate of drug-likeness (QED) is 0.676. The summed E-state index contributed by atoms with van der Waals surface area (Å²) in [5, 5.41) is 9.23. The SMILES string of the molecule is C[C@@H](Cl)[C@@H](O)c1ccccc1. The van der Waals surface area contributed by atoms with E-state index in [1.165, 1.54) is 0 Å². The number of hydrogen-bond donors (Lipinski definition) is 1. The Kier molecular flexibility index (Phi) is 2.92. The first kappa shape index (κ1) is 8.57. The third kappa shape index (κ3) is 2.21. The van der Waals surface area contributed by atoms with E-state index in [1.807, 2.05) is 30.3 Å².